The molecule has 0 atom stereocenters. The molecule has 4 heteroatoms. The molecular weight excluding hydrogens is 296 g/mol. The quantitative estimate of drug-likeness (QED) is 0.573. The van der Waals surface area contributed by atoms with Crippen molar-refractivity contribution < 1.29 is 4.52 Å². The van der Waals surface area contributed by atoms with Crippen LogP contribution in [0.15, 0.2) is 41.4 Å². The molecule has 1 heterocycles. The van der Waals surface area contributed by atoms with Crippen molar-refractivity contribution >= 4 is 11.6 Å². The van der Waals surface area contributed by atoms with E-state index in [1.807, 2.05) is 72.7 Å². The second-order valence-electron chi connectivity index (χ2n) is 4.03. The first kappa shape index (κ1) is 22.7. The molecule has 2 rings (SSSR count). The summed E-state index contributed by atoms with van der Waals surface area (Å²) >= 11 is 5.79. The smallest absolute Gasteiger partial charge is 0.229 e. The third kappa shape index (κ3) is 8.63. The van der Waals surface area contributed by atoms with Crippen molar-refractivity contribution in [3.63, 3.8) is 0 Å². The summed E-state index contributed by atoms with van der Waals surface area (Å²) in [6.07, 6.45) is 1.75. The van der Waals surface area contributed by atoms with E-state index in [-0.39, 0.29) is 5.92 Å². The highest BCUT2D eigenvalue weighted by Crippen LogP contribution is 2.20. The summed E-state index contributed by atoms with van der Waals surface area (Å²) in [5.74, 6) is 1.51. The molecule has 1 aromatic carbocycles. The van der Waals surface area contributed by atoms with E-state index < -0.39 is 0 Å². The molecule has 2 aromatic rings. The molecular formula is C18H29ClN2O. The lowest BCUT2D eigenvalue weighted by Gasteiger charge is -1.94. The number of hydrogen-bond donors (Lipinski definition) is 0. The van der Waals surface area contributed by atoms with Gasteiger partial charge in [-0.05, 0) is 31.2 Å². The number of halogens is 1. The molecule has 1 aromatic heterocycles. The van der Waals surface area contributed by atoms with Gasteiger partial charge in [-0.15, -0.1) is 6.58 Å². The lowest BCUT2D eigenvalue weighted by Crippen LogP contribution is -1.86. The Kier molecular flexibility index (Phi) is 14.8. The van der Waals surface area contributed by atoms with Crippen LogP contribution in [0.1, 0.15) is 60.3 Å². The second-order valence-corrected chi connectivity index (χ2v) is 4.46. The van der Waals surface area contributed by atoms with E-state index in [4.69, 9.17) is 16.1 Å². The maximum Gasteiger partial charge on any atom is 0.229 e. The highest BCUT2D eigenvalue weighted by Gasteiger charge is 2.10. The van der Waals surface area contributed by atoms with Gasteiger partial charge in [0.25, 0.3) is 0 Å². The van der Waals surface area contributed by atoms with Crippen LogP contribution in [0.5, 0.6) is 0 Å². The molecule has 0 aliphatic heterocycles. The van der Waals surface area contributed by atoms with Gasteiger partial charge in [0.2, 0.25) is 11.7 Å². The van der Waals surface area contributed by atoms with Crippen LogP contribution in [-0.2, 0) is 0 Å². The van der Waals surface area contributed by atoms with Gasteiger partial charge in [0, 0.05) is 16.5 Å². The molecule has 0 amide bonds. The fourth-order valence-corrected chi connectivity index (χ4v) is 1.31. The molecule has 0 aliphatic carbocycles. The average molecular weight is 325 g/mol. The van der Waals surface area contributed by atoms with Gasteiger partial charge in [-0.25, -0.2) is 0 Å². The number of allylic oxidation sites excluding steroid dienone is 1. The lowest BCUT2D eigenvalue weighted by atomic mass is 10.2. The molecule has 0 N–H and O–H groups in total. The van der Waals surface area contributed by atoms with Crippen LogP contribution < -0.4 is 0 Å². The van der Waals surface area contributed by atoms with Crippen molar-refractivity contribution in [3.05, 3.63) is 47.8 Å². The Bertz CT molecular complexity index is 490. The zero-order valence-electron chi connectivity index (χ0n) is 14.9. The van der Waals surface area contributed by atoms with E-state index in [9.17, 15) is 0 Å². The molecule has 0 aliphatic rings. The predicted molar refractivity (Wildman–Crippen MR) is 97.4 cm³/mol. The normalized spacial score (nSPS) is 8.59. The number of aromatic nitrogens is 2. The minimum absolute atomic E-state index is 0.249. The Hall–Kier alpha value is -1.61. The average Bonchev–Trinajstić information content (AvgIpc) is 3.03. The highest BCUT2D eigenvalue weighted by atomic mass is 35.5. The second kappa shape index (κ2) is 14.3. The van der Waals surface area contributed by atoms with Gasteiger partial charge in [-0.2, -0.15) is 4.98 Å². The van der Waals surface area contributed by atoms with Crippen molar-refractivity contribution in [1.82, 2.24) is 10.1 Å². The minimum atomic E-state index is 0.249. The summed E-state index contributed by atoms with van der Waals surface area (Å²) in [7, 11) is 0. The van der Waals surface area contributed by atoms with Crippen molar-refractivity contribution in [3.8, 4) is 11.4 Å². The molecule has 124 valence electrons. The van der Waals surface area contributed by atoms with Crippen molar-refractivity contribution in [2.24, 2.45) is 0 Å². The van der Waals surface area contributed by atoms with Gasteiger partial charge in [0.15, 0.2) is 0 Å². The molecule has 0 bridgehead atoms. The van der Waals surface area contributed by atoms with Crippen molar-refractivity contribution in [2.75, 3.05) is 0 Å². The Balaban J connectivity index is 0. The van der Waals surface area contributed by atoms with Crippen LogP contribution in [0.3, 0.4) is 0 Å². The van der Waals surface area contributed by atoms with Gasteiger partial charge in [0.1, 0.15) is 0 Å². The molecule has 22 heavy (non-hydrogen) atoms. The van der Waals surface area contributed by atoms with E-state index in [2.05, 4.69) is 16.7 Å². The van der Waals surface area contributed by atoms with Crippen LogP contribution in [-0.4, -0.2) is 10.1 Å². The van der Waals surface area contributed by atoms with E-state index in [1.165, 1.54) is 0 Å². The standard InChI is InChI=1S/C11H11ClN2O.C3H6.2C2H6/c1-7(2)11-13-10(14-15-11)8-3-5-9(12)6-4-8;1-3-2;2*1-2/h3-7H,1-2H3;3H,1H2,2H3;2*1-2H3. The first-order valence-corrected chi connectivity index (χ1v) is 8.12. The molecule has 0 fully saturated rings. The van der Waals surface area contributed by atoms with Crippen LogP contribution in [0.25, 0.3) is 11.4 Å². The largest absolute Gasteiger partial charge is 0.339 e. The van der Waals surface area contributed by atoms with E-state index >= 15 is 0 Å². The number of benzene rings is 1. The number of rotatable bonds is 2. The number of nitrogens with zero attached hydrogens (tertiary/aromatic N) is 2. The summed E-state index contributed by atoms with van der Waals surface area (Å²) in [6.45, 7) is 17.3. The molecule has 0 unspecified atom stereocenters. The third-order valence-corrected chi connectivity index (χ3v) is 2.29. The summed E-state index contributed by atoms with van der Waals surface area (Å²) in [4.78, 5) is 4.29. The minimum Gasteiger partial charge on any atom is -0.339 e. The molecule has 0 radical (unpaired) electrons. The Morgan fingerprint density at radius 3 is 1.91 bits per heavy atom. The van der Waals surface area contributed by atoms with E-state index in [0.717, 1.165) is 5.56 Å². The lowest BCUT2D eigenvalue weighted by molar-refractivity contribution is 0.365. The zero-order chi connectivity index (χ0) is 17.5. The summed E-state index contributed by atoms with van der Waals surface area (Å²) in [6, 6.07) is 7.36. The van der Waals surface area contributed by atoms with E-state index in [0.29, 0.717) is 16.7 Å². The Morgan fingerprint density at radius 2 is 1.55 bits per heavy atom. The fourth-order valence-electron chi connectivity index (χ4n) is 1.19. The third-order valence-electron chi connectivity index (χ3n) is 2.04. The van der Waals surface area contributed by atoms with Crippen LogP contribution >= 0.6 is 11.6 Å². The Labute approximate surface area is 140 Å². The number of hydrogen-bond acceptors (Lipinski definition) is 3. The predicted octanol–water partition coefficient (Wildman–Crippen LogP) is 6.76. The first-order valence-electron chi connectivity index (χ1n) is 7.75. The van der Waals surface area contributed by atoms with Crippen molar-refractivity contribution in [1.29, 1.82) is 0 Å². The monoisotopic (exact) mass is 324 g/mol. The Morgan fingerprint density at radius 1 is 1.09 bits per heavy atom. The molecule has 3 nitrogen and oxygen atoms in total. The van der Waals surface area contributed by atoms with Gasteiger partial charge < -0.3 is 4.52 Å². The zero-order valence-corrected chi connectivity index (χ0v) is 15.6. The van der Waals surface area contributed by atoms with Crippen molar-refractivity contribution in [2.45, 2.75) is 54.4 Å². The molecule has 0 saturated carbocycles. The topological polar surface area (TPSA) is 38.9 Å². The molecule has 0 saturated heterocycles. The SMILES string of the molecule is C=CC.CC.CC.CC(C)c1nc(-c2ccc(Cl)cc2)no1. The highest BCUT2D eigenvalue weighted by molar-refractivity contribution is 6.30. The first-order chi connectivity index (χ1) is 10.6. The summed E-state index contributed by atoms with van der Waals surface area (Å²) < 4.78 is 5.12. The summed E-state index contributed by atoms with van der Waals surface area (Å²) in [5, 5.41) is 4.61. The summed E-state index contributed by atoms with van der Waals surface area (Å²) in [5.41, 5.74) is 0.912. The van der Waals surface area contributed by atoms with E-state index in [1.54, 1.807) is 6.08 Å². The van der Waals surface area contributed by atoms with Crippen LogP contribution in [0, 0.1) is 0 Å². The van der Waals surface area contributed by atoms with Gasteiger partial charge in [-0.1, -0.05) is 64.4 Å². The van der Waals surface area contributed by atoms with Gasteiger partial charge >= 0.3 is 0 Å². The van der Waals surface area contributed by atoms with Crippen LogP contribution in [0.2, 0.25) is 5.02 Å². The maximum absolute atomic E-state index is 5.79. The van der Waals surface area contributed by atoms with Crippen LogP contribution in [0.4, 0.5) is 0 Å². The molecule has 0 spiro atoms. The maximum atomic E-state index is 5.79. The fraction of sp³-hybridized carbons (Fsp3) is 0.444. The van der Waals surface area contributed by atoms with Gasteiger partial charge in [-0.3, -0.25) is 0 Å². The van der Waals surface area contributed by atoms with Gasteiger partial charge in [0.05, 0.1) is 0 Å².